The quantitative estimate of drug-likeness (QED) is 0.0603. The fraction of sp³-hybridized carbons (Fsp3) is 0.474. The number of fused-ring (bicyclic) bond motifs is 1. The van der Waals surface area contributed by atoms with E-state index in [1.807, 2.05) is 0 Å². The molecule has 0 bridgehead atoms. The zero-order valence-corrected chi connectivity index (χ0v) is 18.6. The van der Waals surface area contributed by atoms with Crippen LogP contribution in [0.25, 0.3) is 10.4 Å². The van der Waals surface area contributed by atoms with E-state index in [1.54, 1.807) is 0 Å². The van der Waals surface area contributed by atoms with Crippen LogP contribution >= 0.6 is 0 Å². The van der Waals surface area contributed by atoms with Crippen LogP contribution in [0.15, 0.2) is 34.6 Å². The van der Waals surface area contributed by atoms with Gasteiger partial charge in [-0.25, -0.2) is 4.98 Å². The van der Waals surface area contributed by atoms with E-state index in [-0.39, 0.29) is 47.6 Å². The molecule has 4 rings (SSSR count). The number of nitrogens with one attached hydrogen (secondary N) is 1. The van der Waals surface area contributed by atoms with Crippen LogP contribution in [0.2, 0.25) is 0 Å². The standard InChI is InChI=1S/C19H23N9O8/c20-18-24-16-15(22-8-27(16)17-14(31)13(30)12(7-29)36-17)19(32,25-18)6-9-5-10(35-4-3-23-26-21)1-2-11(9)28(33)34/h1-2,5,8,12-14,17,29-32H,3-4,6-7H2,(H3,20,24,25)/t12-,13-,14-,17-,19?/m1/s1. The Bertz CT molecular complexity index is 1230. The van der Waals surface area contributed by atoms with Crippen LogP contribution in [0, 0.1) is 10.1 Å². The SMILES string of the molecule is [N-]=[N+]=NCCOc1ccc([N+](=O)[O-])c(CC2(O)NC(N)=Nc3c2ncn3[C@@H]2O[C@H](CO)[C@@H](O)[C@H]2O)c1. The van der Waals surface area contributed by atoms with E-state index in [9.17, 15) is 30.5 Å². The fourth-order valence-electron chi connectivity index (χ4n) is 4.09. The minimum atomic E-state index is -2.07. The fourth-order valence-corrected chi connectivity index (χ4v) is 4.09. The summed E-state index contributed by atoms with van der Waals surface area (Å²) in [5.41, 5.74) is 11.9. The number of aromatic nitrogens is 2. The van der Waals surface area contributed by atoms with Crippen molar-refractivity contribution in [2.45, 2.75) is 36.7 Å². The molecule has 0 amide bonds. The van der Waals surface area contributed by atoms with Crippen LogP contribution in [-0.2, 0) is 16.9 Å². The number of nitrogens with zero attached hydrogens (tertiary/aromatic N) is 7. The third kappa shape index (κ3) is 4.61. The van der Waals surface area contributed by atoms with Gasteiger partial charge in [-0.05, 0) is 17.7 Å². The molecule has 1 aromatic heterocycles. The first-order valence-corrected chi connectivity index (χ1v) is 10.6. The summed E-state index contributed by atoms with van der Waals surface area (Å²) in [5, 5.41) is 58.9. The summed E-state index contributed by atoms with van der Waals surface area (Å²) < 4.78 is 12.2. The first-order chi connectivity index (χ1) is 17.2. The summed E-state index contributed by atoms with van der Waals surface area (Å²) in [7, 11) is 0. The highest BCUT2D eigenvalue weighted by atomic mass is 16.6. The van der Waals surface area contributed by atoms with Gasteiger partial charge in [0.1, 0.15) is 29.8 Å². The minimum absolute atomic E-state index is 0.0204. The van der Waals surface area contributed by atoms with Crippen molar-refractivity contribution in [1.82, 2.24) is 14.9 Å². The molecule has 5 atom stereocenters. The van der Waals surface area contributed by atoms with Gasteiger partial charge in [0, 0.05) is 23.0 Å². The predicted octanol–water partition coefficient (Wildman–Crippen LogP) is -0.971. The van der Waals surface area contributed by atoms with Gasteiger partial charge in [0.2, 0.25) is 0 Å². The number of aliphatic imine (C=N–C) groups is 1. The number of azide groups is 1. The zero-order valence-electron chi connectivity index (χ0n) is 18.6. The van der Waals surface area contributed by atoms with Gasteiger partial charge in [-0.2, -0.15) is 4.99 Å². The largest absolute Gasteiger partial charge is 0.493 e. The van der Waals surface area contributed by atoms with E-state index >= 15 is 0 Å². The number of rotatable bonds is 9. The van der Waals surface area contributed by atoms with E-state index in [1.165, 1.54) is 29.1 Å². The molecular formula is C19H23N9O8. The van der Waals surface area contributed by atoms with Crippen LogP contribution in [0.1, 0.15) is 17.5 Å². The van der Waals surface area contributed by atoms with Crippen molar-refractivity contribution in [3.8, 4) is 5.75 Å². The van der Waals surface area contributed by atoms with Gasteiger partial charge in [0.25, 0.3) is 5.69 Å². The number of aliphatic hydroxyl groups is 4. The minimum Gasteiger partial charge on any atom is -0.493 e. The van der Waals surface area contributed by atoms with Crippen molar-refractivity contribution < 1.29 is 34.8 Å². The van der Waals surface area contributed by atoms with Gasteiger partial charge in [-0.3, -0.25) is 14.7 Å². The number of benzene rings is 1. The molecule has 2 aromatic rings. The molecule has 1 fully saturated rings. The Morgan fingerprint density at radius 2 is 2.19 bits per heavy atom. The number of hydrogen-bond acceptors (Lipinski definition) is 13. The van der Waals surface area contributed by atoms with Crippen LogP contribution in [-0.4, -0.2) is 78.9 Å². The molecule has 2 aliphatic heterocycles. The Balaban J connectivity index is 1.68. The molecule has 0 spiro atoms. The zero-order chi connectivity index (χ0) is 26.0. The van der Waals surface area contributed by atoms with E-state index in [4.69, 9.17) is 20.7 Å². The Morgan fingerprint density at radius 3 is 2.86 bits per heavy atom. The van der Waals surface area contributed by atoms with Gasteiger partial charge in [-0.15, -0.1) is 0 Å². The number of imidazole rings is 1. The molecular weight excluding hydrogens is 482 g/mol. The average Bonchev–Trinajstić information content (AvgIpc) is 3.37. The van der Waals surface area contributed by atoms with Crippen molar-refractivity contribution in [2.75, 3.05) is 19.8 Å². The third-order valence-electron chi connectivity index (χ3n) is 5.73. The summed E-state index contributed by atoms with van der Waals surface area (Å²) >= 11 is 0. The molecule has 0 aliphatic carbocycles. The van der Waals surface area contributed by atoms with Gasteiger partial charge in [-0.1, -0.05) is 5.11 Å². The average molecular weight is 505 g/mol. The highest BCUT2D eigenvalue weighted by molar-refractivity contribution is 5.83. The van der Waals surface area contributed by atoms with Crippen LogP contribution < -0.4 is 15.8 Å². The van der Waals surface area contributed by atoms with Crippen LogP contribution in [0.5, 0.6) is 5.75 Å². The lowest BCUT2D eigenvalue weighted by atomic mass is 9.96. The van der Waals surface area contributed by atoms with Crippen molar-refractivity contribution >= 4 is 17.5 Å². The first kappa shape index (κ1) is 25.1. The highest BCUT2D eigenvalue weighted by Gasteiger charge is 2.47. The number of guanidine groups is 1. The van der Waals surface area contributed by atoms with Gasteiger partial charge in [0.05, 0.1) is 31.0 Å². The monoisotopic (exact) mass is 505 g/mol. The summed E-state index contributed by atoms with van der Waals surface area (Å²) in [5.74, 6) is -0.0296. The molecule has 17 nitrogen and oxygen atoms in total. The Hall–Kier alpha value is -3.99. The van der Waals surface area contributed by atoms with Gasteiger partial charge < -0.3 is 41.0 Å². The van der Waals surface area contributed by atoms with Crippen molar-refractivity contribution in [3.63, 3.8) is 0 Å². The second-order valence-corrected chi connectivity index (χ2v) is 8.06. The lowest BCUT2D eigenvalue weighted by Gasteiger charge is -2.32. The number of nitro benzene ring substituents is 1. The summed E-state index contributed by atoms with van der Waals surface area (Å²) in [6.45, 7) is -0.473. The molecule has 17 heteroatoms. The molecule has 192 valence electrons. The molecule has 0 radical (unpaired) electrons. The predicted molar refractivity (Wildman–Crippen MR) is 120 cm³/mol. The Morgan fingerprint density at radius 1 is 1.42 bits per heavy atom. The van der Waals surface area contributed by atoms with Crippen LogP contribution in [0.4, 0.5) is 11.5 Å². The van der Waals surface area contributed by atoms with Gasteiger partial charge in [0.15, 0.2) is 23.7 Å². The second-order valence-electron chi connectivity index (χ2n) is 8.06. The number of nitrogens with two attached hydrogens (primary N) is 1. The van der Waals surface area contributed by atoms with Crippen LogP contribution in [0.3, 0.4) is 0 Å². The number of hydrogen-bond donors (Lipinski definition) is 6. The van der Waals surface area contributed by atoms with E-state index in [0.717, 1.165) is 0 Å². The summed E-state index contributed by atoms with van der Waals surface area (Å²) in [6.07, 6.45) is -4.29. The molecule has 2 aliphatic rings. The van der Waals surface area contributed by atoms with E-state index in [0.29, 0.717) is 0 Å². The Labute approximate surface area is 202 Å². The second kappa shape index (κ2) is 9.94. The molecule has 3 heterocycles. The summed E-state index contributed by atoms with van der Waals surface area (Å²) in [6, 6.07) is 3.94. The molecule has 1 unspecified atom stereocenters. The lowest BCUT2D eigenvalue weighted by Crippen LogP contribution is -2.52. The molecule has 1 saturated heterocycles. The van der Waals surface area contributed by atoms with Gasteiger partial charge >= 0.3 is 0 Å². The third-order valence-corrected chi connectivity index (χ3v) is 5.73. The maximum atomic E-state index is 11.6. The maximum Gasteiger partial charge on any atom is 0.273 e. The Kier molecular flexibility index (Phi) is 6.93. The van der Waals surface area contributed by atoms with E-state index in [2.05, 4.69) is 25.3 Å². The van der Waals surface area contributed by atoms with Crippen molar-refractivity contribution in [2.24, 2.45) is 15.8 Å². The number of nitro groups is 1. The number of aliphatic hydroxyl groups excluding tert-OH is 3. The van der Waals surface area contributed by atoms with Crippen molar-refractivity contribution in [1.29, 1.82) is 0 Å². The normalized spacial score (nSPS) is 26.9. The molecule has 1 aromatic carbocycles. The smallest absolute Gasteiger partial charge is 0.273 e. The van der Waals surface area contributed by atoms with E-state index < -0.39 is 48.2 Å². The molecule has 36 heavy (non-hydrogen) atoms. The number of ether oxygens (including phenoxy) is 2. The topological polar surface area (TPSA) is 260 Å². The molecule has 7 N–H and O–H groups in total. The summed E-state index contributed by atoms with van der Waals surface area (Å²) in [4.78, 5) is 21.9. The maximum absolute atomic E-state index is 11.6. The van der Waals surface area contributed by atoms with Crippen molar-refractivity contribution in [3.05, 3.63) is 56.3 Å². The first-order valence-electron chi connectivity index (χ1n) is 10.6. The lowest BCUT2D eigenvalue weighted by molar-refractivity contribution is -0.385. The highest BCUT2D eigenvalue weighted by Crippen LogP contribution is 2.40. The molecule has 0 saturated carbocycles.